The molecule has 136 valence electrons. The van der Waals surface area contributed by atoms with Crippen LogP contribution in [0, 0.1) is 0 Å². The van der Waals surface area contributed by atoms with E-state index in [-0.39, 0.29) is 30.1 Å². The van der Waals surface area contributed by atoms with Crippen molar-refractivity contribution >= 4 is 17.7 Å². The number of carboxylic acids is 1. The largest absolute Gasteiger partial charge is 0.497 e. The molecule has 0 atom stereocenters. The Bertz CT molecular complexity index is 766. The number of carboxylic acid groups (broad SMARTS) is 1. The van der Waals surface area contributed by atoms with Gasteiger partial charge in [-0.15, -0.1) is 0 Å². The van der Waals surface area contributed by atoms with Crippen molar-refractivity contribution in [3.63, 3.8) is 0 Å². The number of hydrogen-bond donors (Lipinski definition) is 2. The lowest BCUT2D eigenvalue weighted by atomic mass is 10.1. The summed E-state index contributed by atoms with van der Waals surface area (Å²) in [4.78, 5) is 34.7. The van der Waals surface area contributed by atoms with Gasteiger partial charge in [-0.25, -0.2) is 4.79 Å². The number of carbonyl (C=O) groups is 3. The Balaban J connectivity index is 1.71. The van der Waals surface area contributed by atoms with Gasteiger partial charge in [0, 0.05) is 24.9 Å². The van der Waals surface area contributed by atoms with Crippen LogP contribution in [0.5, 0.6) is 5.75 Å². The minimum Gasteiger partial charge on any atom is -0.497 e. The molecule has 2 rings (SSSR count). The van der Waals surface area contributed by atoms with Crippen LogP contribution in [-0.2, 0) is 11.2 Å². The Hall–Kier alpha value is -3.15. The molecular formula is C20H21NO5. The lowest BCUT2D eigenvalue weighted by Gasteiger charge is -2.06. The molecule has 26 heavy (non-hydrogen) atoms. The summed E-state index contributed by atoms with van der Waals surface area (Å²) >= 11 is 0. The van der Waals surface area contributed by atoms with Crippen LogP contribution in [0.4, 0.5) is 0 Å². The summed E-state index contributed by atoms with van der Waals surface area (Å²) < 4.78 is 5.04. The van der Waals surface area contributed by atoms with Gasteiger partial charge < -0.3 is 15.2 Å². The predicted octanol–water partition coefficient (Wildman–Crippen LogP) is 2.72. The molecule has 0 radical (unpaired) electrons. The molecule has 0 heterocycles. The summed E-state index contributed by atoms with van der Waals surface area (Å²) in [6.07, 6.45) is 0.867. The second-order valence-electron chi connectivity index (χ2n) is 5.75. The van der Waals surface area contributed by atoms with E-state index in [1.54, 1.807) is 43.5 Å². The number of nitrogens with one attached hydrogen (secondary N) is 1. The number of methoxy groups -OCH3 is 1. The fraction of sp³-hybridized carbons (Fsp3) is 0.250. The van der Waals surface area contributed by atoms with Crippen molar-refractivity contribution in [2.45, 2.75) is 19.3 Å². The van der Waals surface area contributed by atoms with E-state index in [0.717, 1.165) is 5.56 Å². The molecule has 0 bridgehead atoms. The van der Waals surface area contributed by atoms with Crippen LogP contribution in [0.25, 0.3) is 0 Å². The highest BCUT2D eigenvalue weighted by atomic mass is 16.5. The van der Waals surface area contributed by atoms with E-state index in [0.29, 0.717) is 24.3 Å². The van der Waals surface area contributed by atoms with Crippen molar-refractivity contribution in [3.05, 3.63) is 65.2 Å². The van der Waals surface area contributed by atoms with Gasteiger partial charge in [-0.1, -0.05) is 12.1 Å². The summed E-state index contributed by atoms with van der Waals surface area (Å²) in [6.45, 7) is 0.433. The molecule has 0 spiro atoms. The number of ketones is 1. The quantitative estimate of drug-likeness (QED) is 0.675. The average molecular weight is 355 g/mol. The van der Waals surface area contributed by atoms with E-state index in [9.17, 15) is 14.4 Å². The van der Waals surface area contributed by atoms with Gasteiger partial charge >= 0.3 is 5.97 Å². The zero-order chi connectivity index (χ0) is 18.9. The first-order valence-electron chi connectivity index (χ1n) is 8.26. The van der Waals surface area contributed by atoms with Crippen LogP contribution >= 0.6 is 0 Å². The topological polar surface area (TPSA) is 92.7 Å². The normalized spacial score (nSPS) is 10.2. The third-order valence-electron chi connectivity index (χ3n) is 3.93. The summed E-state index contributed by atoms with van der Waals surface area (Å²) in [6, 6.07) is 13.3. The maximum atomic E-state index is 12.1. The fourth-order valence-corrected chi connectivity index (χ4v) is 2.40. The van der Waals surface area contributed by atoms with Crippen LogP contribution in [0.3, 0.4) is 0 Å². The van der Waals surface area contributed by atoms with E-state index < -0.39 is 5.97 Å². The molecule has 0 aliphatic heterocycles. The average Bonchev–Trinajstić information content (AvgIpc) is 2.66. The van der Waals surface area contributed by atoms with Crippen molar-refractivity contribution in [2.75, 3.05) is 13.7 Å². The van der Waals surface area contributed by atoms with E-state index in [1.165, 1.54) is 12.1 Å². The number of rotatable bonds is 9. The lowest BCUT2D eigenvalue weighted by Crippen LogP contribution is -2.26. The summed E-state index contributed by atoms with van der Waals surface area (Å²) in [5, 5.41) is 11.6. The van der Waals surface area contributed by atoms with Gasteiger partial charge in [0.05, 0.1) is 12.7 Å². The van der Waals surface area contributed by atoms with Crippen molar-refractivity contribution < 1.29 is 24.2 Å². The second kappa shape index (κ2) is 9.36. The minimum atomic E-state index is -0.966. The Labute approximate surface area is 151 Å². The van der Waals surface area contributed by atoms with Crippen LogP contribution in [-0.4, -0.2) is 36.4 Å². The first kappa shape index (κ1) is 19.2. The molecule has 0 saturated heterocycles. The van der Waals surface area contributed by atoms with Crippen LogP contribution in [0.15, 0.2) is 48.5 Å². The molecule has 0 saturated carbocycles. The first-order valence-corrected chi connectivity index (χ1v) is 8.26. The molecule has 0 fully saturated rings. The van der Waals surface area contributed by atoms with Gasteiger partial charge in [-0.2, -0.15) is 0 Å². The first-order chi connectivity index (χ1) is 12.5. The third kappa shape index (κ3) is 5.73. The Kier molecular flexibility index (Phi) is 6.91. The standard InChI is InChI=1S/C20H21NO5/c1-26-17-8-6-15(7-9-17)18(22)10-11-19(23)21-13-12-14-2-4-16(5-3-14)20(24)25/h2-9H,10-13H2,1H3,(H,21,23)(H,24,25). The lowest BCUT2D eigenvalue weighted by molar-refractivity contribution is -0.121. The Morgan fingerprint density at radius 1 is 0.923 bits per heavy atom. The van der Waals surface area contributed by atoms with Crippen LogP contribution in [0.1, 0.15) is 39.1 Å². The zero-order valence-electron chi connectivity index (χ0n) is 14.5. The van der Waals surface area contributed by atoms with Crippen LogP contribution < -0.4 is 10.1 Å². The van der Waals surface area contributed by atoms with E-state index in [1.807, 2.05) is 0 Å². The number of benzene rings is 2. The molecular weight excluding hydrogens is 334 g/mol. The van der Waals surface area contributed by atoms with Crippen molar-refractivity contribution in [3.8, 4) is 5.75 Å². The van der Waals surface area contributed by atoms with Crippen molar-refractivity contribution in [1.82, 2.24) is 5.32 Å². The number of hydrogen-bond acceptors (Lipinski definition) is 4. The van der Waals surface area contributed by atoms with E-state index in [2.05, 4.69) is 5.32 Å². The molecule has 2 aromatic rings. The van der Waals surface area contributed by atoms with Gasteiger partial charge in [-0.05, 0) is 48.4 Å². The van der Waals surface area contributed by atoms with Gasteiger partial charge in [0.2, 0.25) is 5.91 Å². The fourth-order valence-electron chi connectivity index (χ4n) is 2.40. The number of aromatic carboxylic acids is 1. The number of amides is 1. The van der Waals surface area contributed by atoms with E-state index in [4.69, 9.17) is 9.84 Å². The smallest absolute Gasteiger partial charge is 0.335 e. The highest BCUT2D eigenvalue weighted by Gasteiger charge is 2.09. The third-order valence-corrected chi connectivity index (χ3v) is 3.93. The minimum absolute atomic E-state index is 0.0907. The van der Waals surface area contributed by atoms with Gasteiger partial charge in [0.25, 0.3) is 0 Å². The summed E-state index contributed by atoms with van der Waals surface area (Å²) in [5.74, 6) is -0.567. The maximum Gasteiger partial charge on any atom is 0.335 e. The molecule has 0 aromatic heterocycles. The SMILES string of the molecule is COc1ccc(C(=O)CCC(=O)NCCc2ccc(C(=O)O)cc2)cc1. The van der Waals surface area contributed by atoms with Crippen molar-refractivity contribution in [2.24, 2.45) is 0 Å². The van der Waals surface area contributed by atoms with Crippen LogP contribution in [0.2, 0.25) is 0 Å². The molecule has 2 N–H and O–H groups in total. The van der Waals surface area contributed by atoms with Gasteiger partial charge in [0.1, 0.15) is 5.75 Å². The predicted molar refractivity (Wildman–Crippen MR) is 96.7 cm³/mol. The molecule has 0 aliphatic carbocycles. The Morgan fingerprint density at radius 3 is 2.12 bits per heavy atom. The Morgan fingerprint density at radius 2 is 1.54 bits per heavy atom. The second-order valence-corrected chi connectivity index (χ2v) is 5.75. The summed E-state index contributed by atoms with van der Waals surface area (Å²) in [5.41, 5.74) is 1.72. The highest BCUT2D eigenvalue weighted by molar-refractivity contribution is 5.98. The molecule has 1 amide bonds. The summed E-state index contributed by atoms with van der Waals surface area (Å²) in [7, 11) is 1.56. The highest BCUT2D eigenvalue weighted by Crippen LogP contribution is 2.13. The number of ether oxygens (including phenoxy) is 1. The van der Waals surface area contributed by atoms with Gasteiger partial charge in [0.15, 0.2) is 5.78 Å². The van der Waals surface area contributed by atoms with Gasteiger partial charge in [-0.3, -0.25) is 9.59 Å². The monoisotopic (exact) mass is 355 g/mol. The maximum absolute atomic E-state index is 12.1. The molecule has 0 aliphatic rings. The zero-order valence-corrected chi connectivity index (χ0v) is 14.5. The molecule has 6 nitrogen and oxygen atoms in total. The molecule has 2 aromatic carbocycles. The number of carbonyl (C=O) groups excluding carboxylic acids is 2. The number of Topliss-reactive ketones (excluding diaryl/α,β-unsaturated/α-hetero) is 1. The molecule has 6 heteroatoms. The molecule has 0 unspecified atom stereocenters. The van der Waals surface area contributed by atoms with Crippen molar-refractivity contribution in [1.29, 1.82) is 0 Å². The van der Waals surface area contributed by atoms with E-state index >= 15 is 0 Å².